The van der Waals surface area contributed by atoms with Gasteiger partial charge in [0.25, 0.3) is 0 Å². The van der Waals surface area contributed by atoms with Crippen molar-refractivity contribution in [1.29, 1.82) is 0 Å². The predicted octanol–water partition coefficient (Wildman–Crippen LogP) is 4.96. The fourth-order valence-corrected chi connectivity index (χ4v) is 4.62. The van der Waals surface area contributed by atoms with Crippen LogP contribution in [0.5, 0.6) is 0 Å². The highest BCUT2D eigenvalue weighted by Crippen LogP contribution is 2.32. The van der Waals surface area contributed by atoms with Gasteiger partial charge in [0, 0.05) is 35.4 Å². The molecule has 4 rings (SSSR count). The maximum atomic E-state index is 12.5. The summed E-state index contributed by atoms with van der Waals surface area (Å²) in [4.78, 5) is 18.9. The Morgan fingerprint density at radius 1 is 1.30 bits per heavy atom. The number of aliphatic hydroxyl groups excluding tert-OH is 1. The van der Waals surface area contributed by atoms with E-state index in [0.29, 0.717) is 6.54 Å². The zero-order valence-electron chi connectivity index (χ0n) is 14.7. The number of thiazole rings is 1. The SMILES string of the molecule is O=C(Nc1ccc(-c2nc3cc(Br)ccc3s2)cc1)N1CCCC(CO)C1. The van der Waals surface area contributed by atoms with Crippen molar-refractivity contribution < 1.29 is 9.90 Å². The summed E-state index contributed by atoms with van der Waals surface area (Å²) in [6.45, 7) is 1.49. The van der Waals surface area contributed by atoms with Crippen LogP contribution in [0.15, 0.2) is 46.9 Å². The van der Waals surface area contributed by atoms with Gasteiger partial charge in [-0.3, -0.25) is 0 Å². The second-order valence-corrected chi connectivity index (χ2v) is 8.72. The number of piperidine rings is 1. The Labute approximate surface area is 170 Å². The number of rotatable bonds is 3. The summed E-state index contributed by atoms with van der Waals surface area (Å²) < 4.78 is 2.17. The van der Waals surface area contributed by atoms with Gasteiger partial charge in [0.1, 0.15) is 5.01 Å². The van der Waals surface area contributed by atoms with E-state index < -0.39 is 0 Å². The van der Waals surface area contributed by atoms with Crippen molar-refractivity contribution in [2.75, 3.05) is 25.0 Å². The fourth-order valence-electron chi connectivity index (χ4n) is 3.32. The molecule has 140 valence electrons. The van der Waals surface area contributed by atoms with Gasteiger partial charge < -0.3 is 15.3 Å². The number of aliphatic hydroxyl groups is 1. The summed E-state index contributed by atoms with van der Waals surface area (Å²) in [5.74, 6) is 0.186. The zero-order chi connectivity index (χ0) is 18.8. The second kappa shape index (κ2) is 7.96. The van der Waals surface area contributed by atoms with Crippen molar-refractivity contribution in [3.63, 3.8) is 0 Å². The van der Waals surface area contributed by atoms with Crippen LogP contribution in [-0.4, -0.2) is 40.7 Å². The normalized spacial score (nSPS) is 17.3. The standard InChI is InChI=1S/C20H20BrN3O2S/c21-15-5-8-18-17(10-15)23-19(27-18)14-3-6-16(7-4-14)22-20(26)24-9-1-2-13(11-24)12-25/h3-8,10,13,25H,1-2,9,11-12H2,(H,22,26). The number of nitrogens with zero attached hydrogens (tertiary/aromatic N) is 2. The van der Waals surface area contributed by atoms with E-state index >= 15 is 0 Å². The molecule has 1 fully saturated rings. The van der Waals surface area contributed by atoms with Gasteiger partial charge in [-0.25, -0.2) is 9.78 Å². The lowest BCUT2D eigenvalue weighted by Gasteiger charge is -2.31. The molecule has 1 aliphatic heterocycles. The van der Waals surface area contributed by atoms with Crippen molar-refractivity contribution in [3.8, 4) is 10.6 Å². The van der Waals surface area contributed by atoms with E-state index in [2.05, 4.69) is 27.3 Å². The van der Waals surface area contributed by atoms with E-state index in [-0.39, 0.29) is 18.6 Å². The number of carbonyl (C=O) groups is 1. The van der Waals surface area contributed by atoms with Crippen LogP contribution in [0.3, 0.4) is 0 Å². The highest BCUT2D eigenvalue weighted by Gasteiger charge is 2.23. The number of fused-ring (bicyclic) bond motifs is 1. The van der Waals surface area contributed by atoms with Crippen molar-refractivity contribution in [2.24, 2.45) is 5.92 Å². The highest BCUT2D eigenvalue weighted by molar-refractivity contribution is 9.10. The number of hydrogen-bond acceptors (Lipinski definition) is 4. The van der Waals surface area contributed by atoms with Crippen molar-refractivity contribution in [1.82, 2.24) is 9.88 Å². The third-order valence-corrected chi connectivity index (χ3v) is 6.38. The Bertz CT molecular complexity index is 958. The number of hydrogen-bond donors (Lipinski definition) is 2. The molecule has 0 saturated carbocycles. The Morgan fingerprint density at radius 3 is 2.89 bits per heavy atom. The predicted molar refractivity (Wildman–Crippen MR) is 113 cm³/mol. The smallest absolute Gasteiger partial charge is 0.321 e. The molecule has 0 aliphatic carbocycles. The third kappa shape index (κ3) is 4.15. The Hall–Kier alpha value is -1.96. The minimum absolute atomic E-state index is 0.106. The molecule has 2 amide bonds. The third-order valence-electron chi connectivity index (χ3n) is 4.80. The average molecular weight is 446 g/mol. The number of likely N-dealkylation sites (tertiary alicyclic amines) is 1. The van der Waals surface area contributed by atoms with Gasteiger partial charge in [-0.15, -0.1) is 11.3 Å². The number of halogens is 1. The fraction of sp³-hybridized carbons (Fsp3) is 0.300. The van der Waals surface area contributed by atoms with Gasteiger partial charge in [-0.05, 0) is 61.2 Å². The average Bonchev–Trinajstić information content (AvgIpc) is 3.11. The highest BCUT2D eigenvalue weighted by atomic mass is 79.9. The number of anilines is 1. The lowest BCUT2D eigenvalue weighted by Crippen LogP contribution is -2.43. The number of amides is 2. The molecule has 27 heavy (non-hydrogen) atoms. The molecule has 3 aromatic rings. The van der Waals surface area contributed by atoms with E-state index in [1.165, 1.54) is 0 Å². The van der Waals surface area contributed by atoms with Crippen LogP contribution in [0.1, 0.15) is 12.8 Å². The molecule has 1 aliphatic rings. The molecule has 0 spiro atoms. The summed E-state index contributed by atoms with van der Waals surface area (Å²) in [6, 6.07) is 13.8. The molecule has 5 nitrogen and oxygen atoms in total. The molecule has 2 heterocycles. The molecular formula is C20H20BrN3O2S. The van der Waals surface area contributed by atoms with Gasteiger partial charge >= 0.3 is 6.03 Å². The number of nitrogens with one attached hydrogen (secondary N) is 1. The molecule has 0 radical (unpaired) electrons. The topological polar surface area (TPSA) is 65.5 Å². The number of carbonyl (C=O) groups excluding carboxylic acids is 1. The number of urea groups is 1. The van der Waals surface area contributed by atoms with E-state index in [4.69, 9.17) is 4.98 Å². The van der Waals surface area contributed by atoms with Crippen LogP contribution in [-0.2, 0) is 0 Å². The molecule has 2 N–H and O–H groups in total. The first-order valence-electron chi connectivity index (χ1n) is 8.96. The largest absolute Gasteiger partial charge is 0.396 e. The van der Waals surface area contributed by atoms with Crippen LogP contribution in [0.25, 0.3) is 20.8 Å². The van der Waals surface area contributed by atoms with Crippen LogP contribution >= 0.6 is 27.3 Å². The van der Waals surface area contributed by atoms with E-state index in [1.807, 2.05) is 36.4 Å². The molecule has 7 heteroatoms. The van der Waals surface area contributed by atoms with Gasteiger partial charge in [0.15, 0.2) is 0 Å². The van der Waals surface area contributed by atoms with Gasteiger partial charge in [0.05, 0.1) is 10.2 Å². The van der Waals surface area contributed by atoms with Crippen molar-refractivity contribution in [3.05, 3.63) is 46.9 Å². The lowest BCUT2D eigenvalue weighted by atomic mass is 9.99. The monoisotopic (exact) mass is 445 g/mol. The number of benzene rings is 2. The van der Waals surface area contributed by atoms with Gasteiger partial charge in [-0.2, -0.15) is 0 Å². The van der Waals surface area contributed by atoms with Crippen LogP contribution in [0, 0.1) is 5.92 Å². The molecule has 1 aromatic heterocycles. The van der Waals surface area contributed by atoms with Gasteiger partial charge in [-0.1, -0.05) is 15.9 Å². The van der Waals surface area contributed by atoms with E-state index in [0.717, 1.165) is 50.3 Å². The Morgan fingerprint density at radius 2 is 2.11 bits per heavy atom. The van der Waals surface area contributed by atoms with Crippen LogP contribution < -0.4 is 5.32 Å². The number of aromatic nitrogens is 1. The Balaban J connectivity index is 1.46. The summed E-state index contributed by atoms with van der Waals surface area (Å²) in [5, 5.41) is 13.2. The van der Waals surface area contributed by atoms with Crippen LogP contribution in [0.4, 0.5) is 10.5 Å². The van der Waals surface area contributed by atoms with Crippen LogP contribution in [0.2, 0.25) is 0 Å². The zero-order valence-corrected chi connectivity index (χ0v) is 17.1. The maximum Gasteiger partial charge on any atom is 0.321 e. The van der Waals surface area contributed by atoms with E-state index in [1.54, 1.807) is 16.2 Å². The molecule has 1 atom stereocenters. The first-order chi connectivity index (χ1) is 13.1. The summed E-state index contributed by atoms with van der Waals surface area (Å²) >= 11 is 5.13. The van der Waals surface area contributed by atoms with E-state index in [9.17, 15) is 9.90 Å². The quantitative estimate of drug-likeness (QED) is 0.598. The molecular weight excluding hydrogens is 426 g/mol. The first kappa shape index (κ1) is 18.4. The molecule has 1 unspecified atom stereocenters. The lowest BCUT2D eigenvalue weighted by molar-refractivity contribution is 0.136. The summed E-state index contributed by atoms with van der Waals surface area (Å²) in [5.41, 5.74) is 2.77. The summed E-state index contributed by atoms with van der Waals surface area (Å²) in [7, 11) is 0. The molecule has 1 saturated heterocycles. The summed E-state index contributed by atoms with van der Waals surface area (Å²) in [6.07, 6.45) is 1.92. The second-order valence-electron chi connectivity index (χ2n) is 6.78. The Kier molecular flexibility index (Phi) is 5.43. The van der Waals surface area contributed by atoms with Crippen molar-refractivity contribution >= 4 is 49.2 Å². The minimum atomic E-state index is -0.106. The maximum absolute atomic E-state index is 12.5. The molecule has 2 aromatic carbocycles. The first-order valence-corrected chi connectivity index (χ1v) is 10.6. The van der Waals surface area contributed by atoms with Gasteiger partial charge in [0.2, 0.25) is 0 Å². The van der Waals surface area contributed by atoms with Crippen molar-refractivity contribution in [2.45, 2.75) is 12.8 Å². The minimum Gasteiger partial charge on any atom is -0.396 e. The molecule has 0 bridgehead atoms.